The lowest BCUT2D eigenvalue weighted by Gasteiger charge is -2.12. The molecule has 5 heteroatoms. The lowest BCUT2D eigenvalue weighted by molar-refractivity contribution is -0.116. The molecule has 18 heavy (non-hydrogen) atoms. The number of nitrogens with one attached hydrogen (secondary N) is 2. The lowest BCUT2D eigenvalue weighted by Crippen LogP contribution is -2.30. The molecule has 2 N–H and O–H groups in total. The number of hydrogen-bond acceptors (Lipinski definition) is 3. The van der Waals surface area contributed by atoms with Crippen molar-refractivity contribution in [1.82, 2.24) is 9.88 Å². The highest BCUT2D eigenvalue weighted by Gasteiger charge is 2.08. The van der Waals surface area contributed by atoms with Crippen molar-refractivity contribution in [1.29, 1.82) is 0 Å². The molecule has 1 unspecified atom stereocenters. The van der Waals surface area contributed by atoms with Crippen LogP contribution in [-0.2, 0) is 11.3 Å². The van der Waals surface area contributed by atoms with E-state index in [9.17, 15) is 9.59 Å². The third kappa shape index (κ3) is 4.33. The van der Waals surface area contributed by atoms with E-state index in [0.717, 1.165) is 6.54 Å². The van der Waals surface area contributed by atoms with Gasteiger partial charge in [-0.3, -0.25) is 9.59 Å². The zero-order valence-electron chi connectivity index (χ0n) is 11.2. The van der Waals surface area contributed by atoms with Crippen LogP contribution in [0.4, 0.5) is 5.69 Å². The van der Waals surface area contributed by atoms with E-state index in [1.54, 1.807) is 16.8 Å². The van der Waals surface area contributed by atoms with Gasteiger partial charge in [-0.15, -0.1) is 0 Å². The van der Waals surface area contributed by atoms with Crippen LogP contribution in [-0.4, -0.2) is 23.1 Å². The molecule has 0 radical (unpaired) electrons. The number of carbonyl (C=O) groups is 1. The fourth-order valence-electron chi connectivity index (χ4n) is 1.76. The maximum absolute atomic E-state index is 11.7. The molecule has 1 rings (SSSR count). The Balaban J connectivity index is 2.62. The van der Waals surface area contributed by atoms with Gasteiger partial charge >= 0.3 is 0 Å². The van der Waals surface area contributed by atoms with E-state index in [1.807, 2.05) is 20.8 Å². The minimum atomic E-state index is -0.0588. The second-order valence-electron chi connectivity index (χ2n) is 4.25. The van der Waals surface area contributed by atoms with Crippen LogP contribution in [0.3, 0.4) is 0 Å². The molecule has 1 atom stereocenters. The molecule has 0 saturated carbocycles. The highest BCUT2D eigenvalue weighted by atomic mass is 16.1. The zero-order chi connectivity index (χ0) is 13.5. The van der Waals surface area contributed by atoms with Crippen molar-refractivity contribution in [3.8, 4) is 0 Å². The van der Waals surface area contributed by atoms with Gasteiger partial charge < -0.3 is 15.2 Å². The molecule has 0 bridgehead atoms. The maximum atomic E-state index is 11.7. The van der Waals surface area contributed by atoms with E-state index >= 15 is 0 Å². The first kappa shape index (κ1) is 14.4. The summed E-state index contributed by atoms with van der Waals surface area (Å²) < 4.78 is 1.56. The standard InChI is InChI=1S/C13H21N3O2/c1-4-14-10(3)8-12(17)15-11-6-7-13(18)16(5-2)9-11/h6-7,9-10,14H,4-5,8H2,1-3H3,(H,15,17). The van der Waals surface area contributed by atoms with Crippen LogP contribution in [0, 0.1) is 0 Å². The zero-order valence-corrected chi connectivity index (χ0v) is 11.2. The Kier molecular flexibility index (Phi) is 5.58. The molecule has 0 aromatic carbocycles. The lowest BCUT2D eigenvalue weighted by atomic mass is 10.2. The topological polar surface area (TPSA) is 63.1 Å². The molecule has 1 heterocycles. The predicted octanol–water partition coefficient (Wildman–Crippen LogP) is 1.19. The van der Waals surface area contributed by atoms with Crippen LogP contribution >= 0.6 is 0 Å². The molecule has 0 spiro atoms. The van der Waals surface area contributed by atoms with E-state index < -0.39 is 0 Å². The van der Waals surface area contributed by atoms with Gasteiger partial charge in [-0.1, -0.05) is 6.92 Å². The molecule has 0 aliphatic heterocycles. The second kappa shape index (κ2) is 6.96. The average molecular weight is 251 g/mol. The Morgan fingerprint density at radius 3 is 2.72 bits per heavy atom. The van der Waals surface area contributed by atoms with Crippen LogP contribution < -0.4 is 16.2 Å². The summed E-state index contributed by atoms with van der Waals surface area (Å²) >= 11 is 0. The van der Waals surface area contributed by atoms with Crippen LogP contribution in [0.15, 0.2) is 23.1 Å². The fourth-order valence-corrected chi connectivity index (χ4v) is 1.76. The Morgan fingerprint density at radius 2 is 2.11 bits per heavy atom. The number of amides is 1. The van der Waals surface area contributed by atoms with Crippen molar-refractivity contribution in [3.05, 3.63) is 28.7 Å². The van der Waals surface area contributed by atoms with Gasteiger partial charge in [0.15, 0.2) is 0 Å². The average Bonchev–Trinajstić information content (AvgIpc) is 2.31. The van der Waals surface area contributed by atoms with Gasteiger partial charge in [-0.2, -0.15) is 0 Å². The third-order valence-electron chi connectivity index (χ3n) is 2.65. The molecule has 0 aliphatic rings. The summed E-state index contributed by atoms with van der Waals surface area (Å²) in [5.41, 5.74) is 0.599. The summed E-state index contributed by atoms with van der Waals surface area (Å²) in [7, 11) is 0. The van der Waals surface area contributed by atoms with Crippen molar-refractivity contribution < 1.29 is 4.79 Å². The van der Waals surface area contributed by atoms with Crippen molar-refractivity contribution in [2.75, 3.05) is 11.9 Å². The third-order valence-corrected chi connectivity index (χ3v) is 2.65. The SMILES string of the molecule is CCNC(C)CC(=O)Nc1ccc(=O)n(CC)c1. The maximum Gasteiger partial charge on any atom is 0.250 e. The number of anilines is 1. The number of pyridine rings is 1. The van der Waals surface area contributed by atoms with Gasteiger partial charge in [-0.05, 0) is 26.5 Å². The summed E-state index contributed by atoms with van der Waals surface area (Å²) in [6.07, 6.45) is 2.08. The van der Waals surface area contributed by atoms with E-state index in [-0.39, 0.29) is 17.5 Å². The molecule has 0 saturated heterocycles. The number of aromatic nitrogens is 1. The molecule has 0 aliphatic carbocycles. The van der Waals surface area contributed by atoms with Crippen LogP contribution in [0.25, 0.3) is 0 Å². The van der Waals surface area contributed by atoms with Gasteiger partial charge in [-0.25, -0.2) is 0 Å². The summed E-state index contributed by atoms with van der Waals surface area (Å²) in [5.74, 6) is -0.0512. The molecule has 0 fully saturated rings. The molecule has 1 aromatic rings. The molecular weight excluding hydrogens is 230 g/mol. The number of nitrogens with zero attached hydrogens (tertiary/aromatic N) is 1. The van der Waals surface area contributed by atoms with E-state index in [1.165, 1.54) is 6.07 Å². The minimum absolute atomic E-state index is 0.0512. The van der Waals surface area contributed by atoms with Gasteiger partial charge in [0, 0.05) is 31.3 Å². The van der Waals surface area contributed by atoms with E-state index in [0.29, 0.717) is 18.7 Å². The van der Waals surface area contributed by atoms with Gasteiger partial charge in [0.2, 0.25) is 5.91 Å². The minimum Gasteiger partial charge on any atom is -0.325 e. The quantitative estimate of drug-likeness (QED) is 0.798. The smallest absolute Gasteiger partial charge is 0.250 e. The first-order valence-electron chi connectivity index (χ1n) is 6.30. The Bertz CT molecular complexity index is 454. The number of aryl methyl sites for hydroxylation is 1. The normalized spacial score (nSPS) is 12.2. The largest absolute Gasteiger partial charge is 0.325 e. The highest BCUT2D eigenvalue weighted by molar-refractivity contribution is 5.90. The summed E-state index contributed by atoms with van der Waals surface area (Å²) in [6, 6.07) is 3.24. The van der Waals surface area contributed by atoms with Gasteiger partial charge in [0.1, 0.15) is 0 Å². The Labute approximate surface area is 107 Å². The van der Waals surface area contributed by atoms with Crippen LogP contribution in [0.5, 0.6) is 0 Å². The van der Waals surface area contributed by atoms with Crippen LogP contribution in [0.1, 0.15) is 27.2 Å². The van der Waals surface area contributed by atoms with Crippen molar-refractivity contribution in [2.24, 2.45) is 0 Å². The summed E-state index contributed by atoms with van der Waals surface area (Å²) in [4.78, 5) is 23.1. The Morgan fingerprint density at radius 1 is 1.39 bits per heavy atom. The Hall–Kier alpha value is -1.62. The molecule has 1 aromatic heterocycles. The van der Waals surface area contributed by atoms with Gasteiger partial charge in [0.25, 0.3) is 5.56 Å². The molecule has 1 amide bonds. The highest BCUT2D eigenvalue weighted by Crippen LogP contribution is 2.04. The fraction of sp³-hybridized carbons (Fsp3) is 0.538. The summed E-state index contributed by atoms with van der Waals surface area (Å²) in [6.45, 7) is 7.30. The monoisotopic (exact) mass is 251 g/mol. The van der Waals surface area contributed by atoms with Crippen molar-refractivity contribution in [3.63, 3.8) is 0 Å². The first-order chi connectivity index (χ1) is 8.56. The number of hydrogen-bond donors (Lipinski definition) is 2. The van der Waals surface area contributed by atoms with E-state index in [2.05, 4.69) is 10.6 Å². The molecule has 5 nitrogen and oxygen atoms in total. The van der Waals surface area contributed by atoms with E-state index in [4.69, 9.17) is 0 Å². The molecule has 100 valence electrons. The van der Waals surface area contributed by atoms with Crippen molar-refractivity contribution >= 4 is 11.6 Å². The second-order valence-corrected chi connectivity index (χ2v) is 4.25. The predicted molar refractivity (Wildman–Crippen MR) is 72.8 cm³/mol. The number of rotatable bonds is 6. The molecular formula is C13H21N3O2. The number of carbonyl (C=O) groups excluding carboxylic acids is 1. The first-order valence-corrected chi connectivity index (χ1v) is 6.30. The van der Waals surface area contributed by atoms with Gasteiger partial charge in [0.05, 0.1) is 5.69 Å². The summed E-state index contributed by atoms with van der Waals surface area (Å²) in [5, 5.41) is 5.97. The van der Waals surface area contributed by atoms with Crippen molar-refractivity contribution in [2.45, 2.75) is 39.8 Å². The van der Waals surface area contributed by atoms with Crippen LogP contribution in [0.2, 0.25) is 0 Å².